The van der Waals surface area contributed by atoms with E-state index in [0.29, 0.717) is 6.07 Å². The van der Waals surface area contributed by atoms with Gasteiger partial charge in [0.1, 0.15) is 10.8 Å². The molecule has 0 aliphatic carbocycles. The Bertz CT molecular complexity index is 1200. The molecule has 204 valence electrons. The third-order valence-corrected chi connectivity index (χ3v) is 6.13. The largest absolute Gasteiger partial charge is 0.477 e. The van der Waals surface area contributed by atoms with Crippen LogP contribution in [-0.4, -0.2) is 44.5 Å². The van der Waals surface area contributed by atoms with Gasteiger partial charge in [0.25, 0.3) is 5.91 Å². The molecule has 1 amide bonds. The number of halogens is 10. The number of rotatable bonds is 9. The monoisotopic (exact) mass is 588 g/mol. The molecule has 0 bridgehead atoms. The molecule has 2 rings (SSSR count). The second kappa shape index (κ2) is 10.7. The number of benzene rings is 2. The van der Waals surface area contributed by atoms with E-state index < -0.39 is 79.2 Å². The van der Waals surface area contributed by atoms with Crippen LogP contribution in [-0.2, 0) is 15.6 Å². The molecule has 0 aliphatic rings. The number of nitrogens with zero attached hydrogens (tertiary/aromatic N) is 1. The summed E-state index contributed by atoms with van der Waals surface area (Å²) in [7, 11) is -4.42. The summed E-state index contributed by atoms with van der Waals surface area (Å²) in [4.78, 5) is 20.1. The van der Waals surface area contributed by atoms with Crippen LogP contribution in [0, 0.1) is 10.1 Å². The number of hydrogen-bond donors (Lipinski definition) is 1. The number of carbonyl (C=O) groups excluding carboxylic acids is 1. The Morgan fingerprint density at radius 2 is 1.62 bits per heavy atom. The van der Waals surface area contributed by atoms with Gasteiger partial charge < -0.3 is 10.1 Å². The van der Waals surface area contributed by atoms with Gasteiger partial charge in [-0.2, -0.15) is 43.9 Å². The second-order valence-corrected chi connectivity index (χ2v) is 9.32. The molecular weight excluding hydrogens is 578 g/mol. The highest BCUT2D eigenvalue weighted by Crippen LogP contribution is 2.49. The number of hydrogen-bond acceptors (Lipinski definition) is 6. The van der Waals surface area contributed by atoms with Crippen molar-refractivity contribution >= 4 is 39.8 Å². The Kier molecular flexibility index (Phi) is 8.73. The minimum absolute atomic E-state index is 0.00153. The zero-order valence-electron chi connectivity index (χ0n) is 17.3. The van der Waals surface area contributed by atoms with Gasteiger partial charge in [-0.25, -0.2) is 4.21 Å². The summed E-state index contributed by atoms with van der Waals surface area (Å²) in [5.41, 5.74) is -6.06. The van der Waals surface area contributed by atoms with Gasteiger partial charge in [0.05, 0.1) is 9.82 Å². The minimum atomic E-state index is -6.79. The van der Waals surface area contributed by atoms with E-state index in [-0.39, 0.29) is 22.7 Å². The van der Waals surface area contributed by atoms with Gasteiger partial charge >= 0.3 is 28.5 Å². The predicted octanol–water partition coefficient (Wildman–Crippen LogP) is 6.12. The van der Waals surface area contributed by atoms with Crippen molar-refractivity contribution < 1.29 is 62.6 Å². The van der Waals surface area contributed by atoms with Crippen molar-refractivity contribution in [1.82, 2.24) is 0 Å². The van der Waals surface area contributed by atoms with Crippen LogP contribution < -0.4 is 10.1 Å². The number of thioether (sulfide) groups is 1. The summed E-state index contributed by atoms with van der Waals surface area (Å²) in [6, 6.07) is 5.12. The molecule has 2 aromatic rings. The van der Waals surface area contributed by atoms with Crippen LogP contribution >= 0.6 is 11.8 Å². The average molecular weight is 588 g/mol. The number of anilines is 1. The molecule has 0 aromatic heterocycles. The van der Waals surface area contributed by atoms with Gasteiger partial charge in [-0.3, -0.25) is 14.9 Å². The lowest BCUT2D eigenvalue weighted by atomic mass is 10.3. The first-order chi connectivity index (χ1) is 16.8. The smallest absolute Gasteiger partial charge is 0.461 e. The zero-order valence-corrected chi connectivity index (χ0v) is 19.0. The molecule has 1 N–H and O–H groups in total. The fraction of sp³-hybridized carbons (Fsp3) is 0.278. The molecule has 0 heterocycles. The molecule has 2 aromatic carbocycles. The van der Waals surface area contributed by atoms with Gasteiger partial charge in [0.15, 0.2) is 12.4 Å². The fourth-order valence-electron chi connectivity index (χ4n) is 2.42. The molecule has 0 aliphatic heterocycles. The highest BCUT2D eigenvalue weighted by molar-refractivity contribution is 8.00. The number of amides is 1. The van der Waals surface area contributed by atoms with Crippen LogP contribution in [0.2, 0.25) is 0 Å². The van der Waals surface area contributed by atoms with Gasteiger partial charge in [-0.05, 0) is 42.1 Å². The number of nitro groups is 1. The fourth-order valence-corrected chi connectivity index (χ4v) is 4.07. The predicted molar refractivity (Wildman–Crippen MR) is 108 cm³/mol. The van der Waals surface area contributed by atoms with E-state index in [2.05, 4.69) is 5.32 Å². The van der Waals surface area contributed by atoms with Crippen molar-refractivity contribution in [2.24, 2.45) is 0 Å². The van der Waals surface area contributed by atoms with Crippen LogP contribution in [0.5, 0.6) is 5.75 Å². The molecule has 1 atom stereocenters. The third kappa shape index (κ3) is 7.24. The molecule has 0 fully saturated rings. The third-order valence-electron chi connectivity index (χ3n) is 4.01. The molecule has 19 heteroatoms. The maximum atomic E-state index is 13.7. The lowest BCUT2D eigenvalue weighted by Gasteiger charge is -2.27. The van der Waals surface area contributed by atoms with E-state index in [1.54, 1.807) is 0 Å². The number of carbonyl (C=O) groups is 1. The summed E-state index contributed by atoms with van der Waals surface area (Å²) in [5.74, 6) is -8.66. The van der Waals surface area contributed by atoms with Crippen LogP contribution in [0.4, 0.5) is 55.3 Å². The quantitative estimate of drug-likeness (QED) is 0.164. The molecule has 0 saturated heterocycles. The van der Waals surface area contributed by atoms with Gasteiger partial charge in [-0.1, -0.05) is 6.07 Å². The standard InChI is InChI=1S/C18H10F10N2O5S2/c19-15(20,16(21,22)23)17(24,25)37(34)11-4-5-13(12(7-11)30(32)33)35-8-14(31)29-9-2-1-3-10(6-9)36-18(26,27)28/h1-7H,8H2,(H,29,31). The van der Waals surface area contributed by atoms with Crippen molar-refractivity contribution in [1.29, 1.82) is 0 Å². The molecule has 0 saturated carbocycles. The second-order valence-electron chi connectivity index (χ2n) is 6.66. The van der Waals surface area contributed by atoms with E-state index in [4.69, 9.17) is 4.74 Å². The first-order valence-corrected chi connectivity index (χ1v) is 11.0. The van der Waals surface area contributed by atoms with E-state index in [1.165, 1.54) is 12.1 Å². The first-order valence-electron chi connectivity index (χ1n) is 9.07. The minimum Gasteiger partial charge on any atom is -0.477 e. The Hall–Kier alpha value is -3.09. The number of nitro benzene ring substituents is 1. The molecule has 1 unspecified atom stereocenters. The van der Waals surface area contributed by atoms with Gasteiger partial charge in [-0.15, -0.1) is 0 Å². The van der Waals surface area contributed by atoms with E-state index >= 15 is 0 Å². The molecule has 7 nitrogen and oxygen atoms in total. The summed E-state index contributed by atoms with van der Waals surface area (Å²) in [5, 5.41) is 7.11. The summed E-state index contributed by atoms with van der Waals surface area (Å²) >= 11 is -0.480. The van der Waals surface area contributed by atoms with Crippen LogP contribution in [0.15, 0.2) is 52.3 Å². The van der Waals surface area contributed by atoms with E-state index in [9.17, 15) is 63.0 Å². The molecule has 0 radical (unpaired) electrons. The summed E-state index contributed by atoms with van der Waals surface area (Å²) in [6.07, 6.45) is -6.79. The Morgan fingerprint density at radius 1 is 1.00 bits per heavy atom. The Labute approximate surface area is 205 Å². The molecular formula is C18H10F10N2O5S2. The van der Waals surface area contributed by atoms with Crippen LogP contribution in [0.1, 0.15) is 0 Å². The van der Waals surface area contributed by atoms with E-state index in [0.717, 1.165) is 12.1 Å². The number of nitrogens with one attached hydrogen (secondary N) is 1. The number of alkyl halides is 10. The molecule has 37 heavy (non-hydrogen) atoms. The maximum Gasteiger partial charge on any atom is 0.461 e. The average Bonchev–Trinajstić information content (AvgIpc) is 2.75. The van der Waals surface area contributed by atoms with Gasteiger partial charge in [0.2, 0.25) is 0 Å². The highest BCUT2D eigenvalue weighted by atomic mass is 32.2. The van der Waals surface area contributed by atoms with Crippen molar-refractivity contribution in [3.63, 3.8) is 0 Å². The summed E-state index contributed by atoms with van der Waals surface area (Å²) in [6.45, 7) is -1.04. The molecule has 0 spiro atoms. The first kappa shape index (κ1) is 30.1. The van der Waals surface area contributed by atoms with Crippen LogP contribution in [0.25, 0.3) is 0 Å². The number of ether oxygens (including phenoxy) is 1. The topological polar surface area (TPSA) is 98.5 Å². The van der Waals surface area contributed by atoms with Crippen molar-refractivity contribution in [2.75, 3.05) is 11.9 Å². The zero-order chi connectivity index (χ0) is 28.4. The van der Waals surface area contributed by atoms with Crippen LogP contribution in [0.3, 0.4) is 0 Å². The van der Waals surface area contributed by atoms with Crippen molar-refractivity contribution in [3.8, 4) is 5.75 Å². The normalized spacial score (nSPS) is 13.7. The Morgan fingerprint density at radius 3 is 2.16 bits per heavy atom. The summed E-state index contributed by atoms with van der Waals surface area (Å²) < 4.78 is 145. The van der Waals surface area contributed by atoms with Crippen molar-refractivity contribution in [3.05, 3.63) is 52.6 Å². The maximum absolute atomic E-state index is 13.7. The highest BCUT2D eigenvalue weighted by Gasteiger charge is 2.76. The SMILES string of the molecule is O=C(COc1ccc(S(=O)C(F)(F)C(F)(F)C(F)(F)F)cc1[N+](=O)[O-])Nc1cccc(SC(F)(F)F)c1. The van der Waals surface area contributed by atoms with Crippen molar-refractivity contribution in [2.45, 2.75) is 32.7 Å². The Balaban J connectivity index is 2.20. The van der Waals surface area contributed by atoms with E-state index in [1.807, 2.05) is 0 Å². The van der Waals surface area contributed by atoms with Gasteiger partial charge in [0, 0.05) is 16.6 Å². The lowest BCUT2D eigenvalue weighted by Crippen LogP contribution is -2.54. The lowest BCUT2D eigenvalue weighted by molar-refractivity contribution is -0.386.